The molecule has 0 amide bonds. The van der Waals surface area contributed by atoms with Crippen molar-refractivity contribution >= 4 is 11.3 Å². The molecule has 0 radical (unpaired) electrons. The fourth-order valence-electron chi connectivity index (χ4n) is 2.26. The Kier molecular flexibility index (Phi) is 5.73. The van der Waals surface area contributed by atoms with E-state index in [4.69, 9.17) is 0 Å². The Bertz CT molecular complexity index is 517. The Labute approximate surface area is 125 Å². The van der Waals surface area contributed by atoms with Gasteiger partial charge in [-0.1, -0.05) is 13.8 Å². The molecule has 0 aliphatic rings. The topological polar surface area (TPSA) is 42.7 Å². The molecule has 1 N–H and O–H groups in total. The van der Waals surface area contributed by atoms with Crippen LogP contribution in [0, 0.1) is 6.92 Å². The maximum absolute atomic E-state index is 4.43. The van der Waals surface area contributed by atoms with Crippen molar-refractivity contribution in [3.63, 3.8) is 0 Å². The van der Waals surface area contributed by atoms with Crippen LogP contribution in [0.1, 0.15) is 48.3 Å². The summed E-state index contributed by atoms with van der Waals surface area (Å²) in [5, 5.41) is 7.96. The van der Waals surface area contributed by atoms with Crippen LogP contribution in [-0.2, 0) is 13.0 Å². The molecule has 0 fully saturated rings. The average molecular weight is 292 g/mol. The molecule has 0 aliphatic carbocycles. The molecule has 20 heavy (non-hydrogen) atoms. The fourth-order valence-corrected chi connectivity index (χ4v) is 3.21. The van der Waals surface area contributed by atoms with E-state index in [1.165, 1.54) is 9.75 Å². The van der Waals surface area contributed by atoms with Gasteiger partial charge < -0.3 is 5.32 Å². The molecule has 110 valence electrons. The summed E-state index contributed by atoms with van der Waals surface area (Å²) in [6, 6.07) is 4.76. The first-order chi connectivity index (χ1) is 9.74. The number of hydrogen-bond donors (Lipinski definition) is 1. The number of aromatic nitrogens is 3. The van der Waals surface area contributed by atoms with Gasteiger partial charge >= 0.3 is 0 Å². The van der Waals surface area contributed by atoms with E-state index in [-0.39, 0.29) is 0 Å². The standard InChI is InChI=1S/C15H24N4S/c1-4-8-16-13(14-7-6-12(3)20-14)10-15-17-11-18-19(15)9-5-2/h6-7,11,13,16H,4-5,8-10H2,1-3H3. The Balaban J connectivity index is 2.12. The average Bonchev–Trinajstić information content (AvgIpc) is 3.04. The van der Waals surface area contributed by atoms with Gasteiger partial charge in [-0.2, -0.15) is 5.10 Å². The summed E-state index contributed by atoms with van der Waals surface area (Å²) in [5.74, 6) is 1.08. The van der Waals surface area contributed by atoms with E-state index < -0.39 is 0 Å². The van der Waals surface area contributed by atoms with E-state index >= 15 is 0 Å². The van der Waals surface area contributed by atoms with Gasteiger partial charge in [0.05, 0.1) is 0 Å². The SMILES string of the molecule is CCCNC(Cc1ncnn1CCC)c1ccc(C)s1. The maximum Gasteiger partial charge on any atom is 0.138 e. The van der Waals surface area contributed by atoms with Gasteiger partial charge in [0.2, 0.25) is 0 Å². The maximum atomic E-state index is 4.43. The quantitative estimate of drug-likeness (QED) is 0.811. The number of thiophene rings is 1. The predicted octanol–water partition coefficient (Wildman–Crippen LogP) is 3.34. The first-order valence-electron chi connectivity index (χ1n) is 7.41. The molecule has 0 saturated carbocycles. The van der Waals surface area contributed by atoms with Gasteiger partial charge in [-0.05, 0) is 38.4 Å². The first-order valence-corrected chi connectivity index (χ1v) is 8.22. The predicted molar refractivity (Wildman–Crippen MR) is 84.1 cm³/mol. The number of aryl methyl sites for hydroxylation is 2. The van der Waals surface area contributed by atoms with Gasteiger partial charge in [-0.3, -0.25) is 4.68 Å². The lowest BCUT2D eigenvalue weighted by Crippen LogP contribution is -2.24. The summed E-state index contributed by atoms with van der Waals surface area (Å²) >= 11 is 1.87. The summed E-state index contributed by atoms with van der Waals surface area (Å²) < 4.78 is 2.03. The molecule has 0 aliphatic heterocycles. The highest BCUT2D eigenvalue weighted by atomic mass is 32.1. The summed E-state index contributed by atoms with van der Waals surface area (Å²) in [6.07, 6.45) is 4.80. The molecular weight excluding hydrogens is 268 g/mol. The van der Waals surface area contributed by atoms with Gasteiger partial charge in [-0.25, -0.2) is 4.98 Å². The fraction of sp³-hybridized carbons (Fsp3) is 0.600. The third kappa shape index (κ3) is 3.90. The molecule has 0 spiro atoms. The minimum atomic E-state index is 0.341. The highest BCUT2D eigenvalue weighted by Crippen LogP contribution is 2.25. The molecule has 2 heterocycles. The molecule has 5 heteroatoms. The summed E-state index contributed by atoms with van der Waals surface area (Å²) in [6.45, 7) is 8.50. The molecule has 2 aromatic heterocycles. The number of rotatable bonds is 8. The monoisotopic (exact) mass is 292 g/mol. The highest BCUT2D eigenvalue weighted by Gasteiger charge is 2.16. The zero-order valence-corrected chi connectivity index (χ0v) is 13.4. The van der Waals surface area contributed by atoms with Gasteiger partial charge in [0, 0.05) is 28.8 Å². The first kappa shape index (κ1) is 15.2. The lowest BCUT2D eigenvalue weighted by molar-refractivity contribution is 0.493. The Morgan fingerprint density at radius 3 is 2.80 bits per heavy atom. The van der Waals surface area contributed by atoms with Crippen LogP contribution in [0.4, 0.5) is 0 Å². The van der Waals surface area contributed by atoms with Crippen molar-refractivity contribution in [3.8, 4) is 0 Å². The number of nitrogens with zero attached hydrogens (tertiary/aromatic N) is 3. The summed E-state index contributed by atoms with van der Waals surface area (Å²) in [7, 11) is 0. The van der Waals surface area contributed by atoms with E-state index in [1.54, 1.807) is 6.33 Å². The van der Waals surface area contributed by atoms with Crippen LogP contribution >= 0.6 is 11.3 Å². The van der Waals surface area contributed by atoms with Crippen molar-refractivity contribution in [1.29, 1.82) is 0 Å². The molecule has 0 aromatic carbocycles. The third-order valence-corrected chi connectivity index (χ3v) is 4.38. The molecular formula is C15H24N4S. The van der Waals surface area contributed by atoms with E-state index in [9.17, 15) is 0 Å². The smallest absolute Gasteiger partial charge is 0.138 e. The van der Waals surface area contributed by atoms with Crippen molar-refractivity contribution in [2.75, 3.05) is 6.54 Å². The van der Waals surface area contributed by atoms with Crippen LogP contribution in [0.5, 0.6) is 0 Å². The van der Waals surface area contributed by atoms with Crippen molar-refractivity contribution in [3.05, 3.63) is 34.0 Å². The van der Waals surface area contributed by atoms with Gasteiger partial charge in [0.25, 0.3) is 0 Å². The van der Waals surface area contributed by atoms with E-state index in [0.717, 1.165) is 38.2 Å². The minimum Gasteiger partial charge on any atom is -0.309 e. The lowest BCUT2D eigenvalue weighted by Gasteiger charge is -2.17. The van der Waals surface area contributed by atoms with E-state index in [0.29, 0.717) is 6.04 Å². The molecule has 4 nitrogen and oxygen atoms in total. The second-order valence-electron chi connectivity index (χ2n) is 5.06. The molecule has 2 rings (SSSR count). The largest absolute Gasteiger partial charge is 0.309 e. The summed E-state index contributed by atoms with van der Waals surface area (Å²) in [5.41, 5.74) is 0. The normalized spacial score (nSPS) is 12.8. The van der Waals surface area contributed by atoms with Crippen LogP contribution in [-0.4, -0.2) is 21.3 Å². The third-order valence-electron chi connectivity index (χ3n) is 3.26. The highest BCUT2D eigenvalue weighted by molar-refractivity contribution is 7.12. The van der Waals surface area contributed by atoms with Crippen LogP contribution < -0.4 is 5.32 Å². The molecule has 1 unspecified atom stereocenters. The van der Waals surface area contributed by atoms with Crippen LogP contribution in [0.25, 0.3) is 0 Å². The second-order valence-corrected chi connectivity index (χ2v) is 6.38. The van der Waals surface area contributed by atoms with Crippen molar-refractivity contribution in [1.82, 2.24) is 20.1 Å². The van der Waals surface area contributed by atoms with Crippen molar-refractivity contribution < 1.29 is 0 Å². The molecule has 1 atom stereocenters. The number of nitrogens with one attached hydrogen (secondary N) is 1. The van der Waals surface area contributed by atoms with E-state index in [2.05, 4.69) is 48.3 Å². The molecule has 2 aromatic rings. The second kappa shape index (κ2) is 7.55. The zero-order valence-electron chi connectivity index (χ0n) is 12.6. The Morgan fingerprint density at radius 2 is 2.15 bits per heavy atom. The van der Waals surface area contributed by atoms with Gasteiger partial charge in [0.1, 0.15) is 12.2 Å². The Hall–Kier alpha value is -1.20. The zero-order chi connectivity index (χ0) is 14.4. The van der Waals surface area contributed by atoms with Crippen molar-refractivity contribution in [2.45, 2.75) is 52.6 Å². The van der Waals surface area contributed by atoms with Crippen LogP contribution in [0.2, 0.25) is 0 Å². The molecule has 0 bridgehead atoms. The van der Waals surface area contributed by atoms with Crippen molar-refractivity contribution in [2.24, 2.45) is 0 Å². The van der Waals surface area contributed by atoms with Crippen LogP contribution in [0.3, 0.4) is 0 Å². The van der Waals surface area contributed by atoms with Gasteiger partial charge in [-0.15, -0.1) is 11.3 Å². The van der Waals surface area contributed by atoms with Crippen LogP contribution in [0.15, 0.2) is 18.5 Å². The minimum absolute atomic E-state index is 0.341. The summed E-state index contributed by atoms with van der Waals surface area (Å²) in [4.78, 5) is 7.18. The Morgan fingerprint density at radius 1 is 1.30 bits per heavy atom. The molecule has 0 saturated heterocycles. The number of hydrogen-bond acceptors (Lipinski definition) is 4. The van der Waals surface area contributed by atoms with E-state index in [1.807, 2.05) is 16.0 Å². The lowest BCUT2D eigenvalue weighted by atomic mass is 10.1. The van der Waals surface area contributed by atoms with Gasteiger partial charge in [0.15, 0.2) is 0 Å².